The molecule has 2 unspecified atom stereocenters. The number of Topliss-reactive ketones (excluding diaryl/α,β-unsaturated/α-hetero) is 3. The van der Waals surface area contributed by atoms with Gasteiger partial charge in [0.05, 0.1) is 12.0 Å². The Morgan fingerprint density at radius 3 is 1.96 bits per heavy atom. The lowest BCUT2D eigenvalue weighted by Crippen LogP contribution is -2.52. The minimum atomic E-state index is -2.14. The van der Waals surface area contributed by atoms with E-state index >= 15 is 0 Å². The van der Waals surface area contributed by atoms with Crippen molar-refractivity contribution in [3.63, 3.8) is 0 Å². The Bertz CT molecular complexity index is 522. The molecule has 1 rings (SSSR count). The number of aliphatic hydroxyl groups is 2. The van der Waals surface area contributed by atoms with Crippen molar-refractivity contribution in [2.75, 3.05) is 0 Å². The summed E-state index contributed by atoms with van der Waals surface area (Å²) in [6, 6.07) is 0. The van der Waals surface area contributed by atoms with Crippen LogP contribution in [-0.2, 0) is 14.4 Å². The third-order valence-corrected chi connectivity index (χ3v) is 5.31. The zero-order valence-corrected chi connectivity index (χ0v) is 17.1. The third kappa shape index (κ3) is 5.01. The average molecular weight is 369 g/mol. The molecule has 5 nitrogen and oxygen atoms in total. The number of hydrogen-bond acceptors (Lipinski definition) is 5. The van der Waals surface area contributed by atoms with E-state index in [4.69, 9.17) is 0 Å². The number of rotatable bonds is 10. The maximum absolute atomic E-state index is 13.0. The Kier molecular flexibility index (Phi) is 8.15. The van der Waals surface area contributed by atoms with Gasteiger partial charge in [0.2, 0.25) is 0 Å². The molecule has 1 aliphatic rings. The number of carbonyl (C=O) groups excluding carboxylic acids is 3. The monoisotopic (exact) mass is 368 g/mol. The second-order valence-corrected chi connectivity index (χ2v) is 9.10. The molecule has 0 aliphatic heterocycles. The van der Waals surface area contributed by atoms with E-state index in [1.165, 1.54) is 0 Å². The van der Waals surface area contributed by atoms with Gasteiger partial charge in [0, 0.05) is 6.42 Å². The van der Waals surface area contributed by atoms with Gasteiger partial charge in [0.1, 0.15) is 5.92 Å². The van der Waals surface area contributed by atoms with Crippen LogP contribution in [0.25, 0.3) is 0 Å². The maximum atomic E-state index is 13.0. The SMILES string of the molecule is CC(C)CCC(O)[C@]1(O)C(=O)C(C(=O)CC(C)C)C(=O)[C@H]1CCC(C)C. The van der Waals surface area contributed by atoms with Crippen molar-refractivity contribution in [1.82, 2.24) is 0 Å². The van der Waals surface area contributed by atoms with Crippen LogP contribution in [0.5, 0.6) is 0 Å². The minimum Gasteiger partial charge on any atom is -0.390 e. The second-order valence-electron chi connectivity index (χ2n) is 9.10. The van der Waals surface area contributed by atoms with Gasteiger partial charge in [-0.1, -0.05) is 48.0 Å². The first-order valence-corrected chi connectivity index (χ1v) is 9.94. The highest BCUT2D eigenvalue weighted by Crippen LogP contribution is 2.42. The highest BCUT2D eigenvalue weighted by atomic mass is 16.4. The van der Waals surface area contributed by atoms with Crippen LogP contribution in [0.3, 0.4) is 0 Å². The fourth-order valence-corrected chi connectivity index (χ4v) is 3.75. The molecule has 0 radical (unpaired) electrons. The van der Waals surface area contributed by atoms with Crippen molar-refractivity contribution in [1.29, 1.82) is 0 Å². The maximum Gasteiger partial charge on any atom is 0.185 e. The molecule has 0 spiro atoms. The topological polar surface area (TPSA) is 91.7 Å². The van der Waals surface area contributed by atoms with Gasteiger partial charge in [-0.15, -0.1) is 0 Å². The van der Waals surface area contributed by atoms with Crippen LogP contribution in [-0.4, -0.2) is 39.3 Å². The number of carbonyl (C=O) groups is 3. The van der Waals surface area contributed by atoms with E-state index < -0.39 is 40.9 Å². The van der Waals surface area contributed by atoms with Crippen molar-refractivity contribution in [3.8, 4) is 0 Å². The van der Waals surface area contributed by atoms with Gasteiger partial charge < -0.3 is 10.2 Å². The predicted molar refractivity (Wildman–Crippen MR) is 101 cm³/mol. The summed E-state index contributed by atoms with van der Waals surface area (Å²) in [5.74, 6) is -3.54. The summed E-state index contributed by atoms with van der Waals surface area (Å²) in [5, 5.41) is 21.8. The molecule has 2 N–H and O–H groups in total. The summed E-state index contributed by atoms with van der Waals surface area (Å²) in [6.45, 7) is 11.7. The molecule has 0 aromatic rings. The molecule has 0 amide bonds. The van der Waals surface area contributed by atoms with E-state index in [0.29, 0.717) is 31.1 Å². The molecule has 26 heavy (non-hydrogen) atoms. The van der Waals surface area contributed by atoms with Gasteiger partial charge in [-0.05, 0) is 37.0 Å². The standard InChI is InChI=1S/C21H36O5/c1-12(2)7-9-15-19(24)18(16(22)11-14(5)6)20(25)21(15,26)17(23)10-8-13(3)4/h12-15,17-18,23,26H,7-11H2,1-6H3/t15-,17?,18?,21+/m1/s1. The van der Waals surface area contributed by atoms with Crippen LogP contribution in [0.2, 0.25) is 0 Å². The molecule has 0 saturated heterocycles. The highest BCUT2D eigenvalue weighted by molar-refractivity contribution is 6.27. The Labute approximate surface area is 157 Å². The minimum absolute atomic E-state index is 0.0248. The zero-order valence-electron chi connectivity index (χ0n) is 17.1. The first-order chi connectivity index (χ1) is 11.9. The summed E-state index contributed by atoms with van der Waals surface area (Å²) >= 11 is 0. The zero-order chi connectivity index (χ0) is 20.2. The van der Waals surface area contributed by atoms with Crippen molar-refractivity contribution in [3.05, 3.63) is 0 Å². The van der Waals surface area contributed by atoms with E-state index in [-0.39, 0.29) is 18.8 Å². The number of hydrogen-bond donors (Lipinski definition) is 2. The summed E-state index contributed by atoms with van der Waals surface area (Å²) in [5.41, 5.74) is -2.14. The first kappa shape index (κ1) is 23.0. The molecular formula is C21H36O5. The van der Waals surface area contributed by atoms with Crippen LogP contribution in [0, 0.1) is 29.6 Å². The van der Waals surface area contributed by atoms with Gasteiger partial charge in [-0.3, -0.25) is 14.4 Å². The van der Waals surface area contributed by atoms with Crippen LogP contribution in [0.15, 0.2) is 0 Å². The quantitative estimate of drug-likeness (QED) is 0.579. The van der Waals surface area contributed by atoms with Crippen molar-refractivity contribution >= 4 is 17.3 Å². The number of aliphatic hydroxyl groups excluding tert-OH is 1. The van der Waals surface area contributed by atoms with Crippen LogP contribution >= 0.6 is 0 Å². The molecule has 0 aromatic heterocycles. The third-order valence-electron chi connectivity index (χ3n) is 5.31. The summed E-state index contributed by atoms with van der Waals surface area (Å²) in [4.78, 5) is 38.3. The van der Waals surface area contributed by atoms with E-state index in [1.807, 2.05) is 41.5 Å². The lowest BCUT2D eigenvalue weighted by atomic mass is 9.78. The van der Waals surface area contributed by atoms with Crippen LogP contribution in [0.1, 0.15) is 73.6 Å². The first-order valence-electron chi connectivity index (χ1n) is 9.94. The molecule has 0 heterocycles. The van der Waals surface area contributed by atoms with Crippen LogP contribution in [0.4, 0.5) is 0 Å². The molecule has 5 heteroatoms. The van der Waals surface area contributed by atoms with Gasteiger partial charge in [-0.2, -0.15) is 0 Å². The van der Waals surface area contributed by atoms with Crippen LogP contribution < -0.4 is 0 Å². The largest absolute Gasteiger partial charge is 0.390 e. The average Bonchev–Trinajstić information content (AvgIpc) is 2.69. The molecule has 1 fully saturated rings. The van der Waals surface area contributed by atoms with E-state index in [0.717, 1.165) is 0 Å². The van der Waals surface area contributed by atoms with Crippen molar-refractivity contribution < 1.29 is 24.6 Å². The molecule has 1 aliphatic carbocycles. The molecule has 150 valence electrons. The summed E-state index contributed by atoms with van der Waals surface area (Å²) < 4.78 is 0. The van der Waals surface area contributed by atoms with Gasteiger partial charge in [0.25, 0.3) is 0 Å². The molecular weight excluding hydrogens is 332 g/mol. The smallest absolute Gasteiger partial charge is 0.185 e. The molecule has 1 saturated carbocycles. The highest BCUT2D eigenvalue weighted by Gasteiger charge is 2.63. The van der Waals surface area contributed by atoms with Gasteiger partial charge >= 0.3 is 0 Å². The van der Waals surface area contributed by atoms with Gasteiger partial charge in [0.15, 0.2) is 23.0 Å². The fourth-order valence-electron chi connectivity index (χ4n) is 3.75. The lowest BCUT2D eigenvalue weighted by Gasteiger charge is -2.33. The fraction of sp³-hybridized carbons (Fsp3) is 0.857. The molecule has 0 aromatic carbocycles. The number of ketones is 3. The van der Waals surface area contributed by atoms with E-state index in [1.54, 1.807) is 0 Å². The summed E-state index contributed by atoms with van der Waals surface area (Å²) in [7, 11) is 0. The Hall–Kier alpha value is -1.07. The normalized spacial score (nSPS) is 27.8. The van der Waals surface area contributed by atoms with Crippen molar-refractivity contribution in [2.24, 2.45) is 29.6 Å². The van der Waals surface area contributed by atoms with E-state index in [2.05, 4.69) is 0 Å². The lowest BCUT2D eigenvalue weighted by molar-refractivity contribution is -0.157. The van der Waals surface area contributed by atoms with E-state index in [9.17, 15) is 24.6 Å². The van der Waals surface area contributed by atoms with Crippen molar-refractivity contribution in [2.45, 2.75) is 85.4 Å². The molecule has 4 atom stereocenters. The Morgan fingerprint density at radius 2 is 1.50 bits per heavy atom. The van der Waals surface area contributed by atoms with Gasteiger partial charge in [-0.25, -0.2) is 0 Å². The Morgan fingerprint density at radius 1 is 0.962 bits per heavy atom. The Balaban J connectivity index is 3.17. The second kappa shape index (κ2) is 9.23. The molecule has 0 bridgehead atoms. The summed E-state index contributed by atoms with van der Waals surface area (Å²) in [6.07, 6.45) is 0.618. The predicted octanol–water partition coefficient (Wildman–Crippen LogP) is 2.95.